The molecule has 0 N–H and O–H groups in total. The van der Waals surface area contributed by atoms with E-state index in [0.29, 0.717) is 24.2 Å². The van der Waals surface area contributed by atoms with Gasteiger partial charge in [0.05, 0.1) is 7.11 Å². The highest BCUT2D eigenvalue weighted by molar-refractivity contribution is 5.87. The van der Waals surface area contributed by atoms with Crippen LogP contribution in [0.15, 0.2) is 67.3 Å². The van der Waals surface area contributed by atoms with Crippen LogP contribution in [-0.2, 0) is 19.1 Å². The summed E-state index contributed by atoms with van der Waals surface area (Å²) in [5, 5.41) is 0. The molecule has 0 saturated carbocycles. The molecule has 5 heteroatoms. The summed E-state index contributed by atoms with van der Waals surface area (Å²) in [7, 11) is 1.33. The quantitative estimate of drug-likeness (QED) is 0.316. The lowest BCUT2D eigenvalue weighted by molar-refractivity contribution is -0.139. The van der Waals surface area contributed by atoms with Crippen molar-refractivity contribution in [2.75, 3.05) is 20.3 Å². The molecule has 0 spiro atoms. The van der Waals surface area contributed by atoms with Gasteiger partial charge < -0.3 is 14.2 Å². The minimum atomic E-state index is -0.383. The summed E-state index contributed by atoms with van der Waals surface area (Å²) in [5.41, 5.74) is 0.835. The van der Waals surface area contributed by atoms with Crippen LogP contribution in [0.1, 0.15) is 13.3 Å². The maximum Gasteiger partial charge on any atom is 0.333 e. The molecule has 0 bridgehead atoms. The molecule has 0 unspecified atom stereocenters. The van der Waals surface area contributed by atoms with Crippen LogP contribution in [-0.4, -0.2) is 32.3 Å². The molecule has 24 heavy (non-hydrogen) atoms. The predicted octanol–water partition coefficient (Wildman–Crippen LogP) is 3.48. The maximum atomic E-state index is 11.0. The third-order valence-electron chi connectivity index (χ3n) is 2.54. The van der Waals surface area contributed by atoms with E-state index in [4.69, 9.17) is 9.47 Å². The van der Waals surface area contributed by atoms with Gasteiger partial charge in [-0.25, -0.2) is 9.59 Å². The Kier molecular flexibility index (Phi) is 11.2. The van der Waals surface area contributed by atoms with Crippen molar-refractivity contribution >= 4 is 11.9 Å². The van der Waals surface area contributed by atoms with Crippen LogP contribution in [0, 0.1) is 0 Å². The Labute approximate surface area is 143 Å². The van der Waals surface area contributed by atoms with Crippen molar-refractivity contribution in [2.45, 2.75) is 13.3 Å². The van der Waals surface area contributed by atoms with Gasteiger partial charge in [-0.15, -0.1) is 6.58 Å². The predicted molar refractivity (Wildman–Crippen MR) is 93.7 cm³/mol. The van der Waals surface area contributed by atoms with Gasteiger partial charge in [-0.2, -0.15) is 0 Å². The number of esters is 2. The molecule has 0 heterocycles. The first-order chi connectivity index (χ1) is 11.4. The fraction of sp³-hybridized carbons (Fsp3) is 0.263. The van der Waals surface area contributed by atoms with E-state index in [1.807, 2.05) is 30.3 Å². The van der Waals surface area contributed by atoms with Crippen LogP contribution >= 0.6 is 0 Å². The number of rotatable bonds is 8. The second-order valence-corrected chi connectivity index (χ2v) is 4.67. The summed E-state index contributed by atoms with van der Waals surface area (Å²) in [6, 6.07) is 9.37. The lowest BCUT2D eigenvalue weighted by Crippen LogP contribution is -2.12. The van der Waals surface area contributed by atoms with E-state index in [9.17, 15) is 9.59 Å². The average Bonchev–Trinajstić information content (AvgIpc) is 2.59. The minimum absolute atomic E-state index is 0.237. The first kappa shape index (κ1) is 21.2. The fourth-order valence-corrected chi connectivity index (χ4v) is 1.34. The van der Waals surface area contributed by atoms with E-state index in [-0.39, 0.29) is 18.5 Å². The Morgan fingerprint density at radius 3 is 2.21 bits per heavy atom. The lowest BCUT2D eigenvalue weighted by Gasteiger charge is -2.06. The normalized spacial score (nSPS) is 8.92. The van der Waals surface area contributed by atoms with Gasteiger partial charge in [0.1, 0.15) is 19.0 Å². The molecule has 0 radical (unpaired) electrons. The van der Waals surface area contributed by atoms with Gasteiger partial charge in [-0.1, -0.05) is 37.4 Å². The van der Waals surface area contributed by atoms with Crippen LogP contribution in [0.5, 0.6) is 5.75 Å². The van der Waals surface area contributed by atoms with Crippen molar-refractivity contribution < 1.29 is 23.8 Å². The fourth-order valence-electron chi connectivity index (χ4n) is 1.34. The third-order valence-corrected chi connectivity index (χ3v) is 2.54. The van der Waals surface area contributed by atoms with E-state index in [1.165, 1.54) is 7.11 Å². The second-order valence-electron chi connectivity index (χ2n) is 4.67. The van der Waals surface area contributed by atoms with Gasteiger partial charge >= 0.3 is 11.9 Å². The molecule has 1 aromatic carbocycles. The van der Waals surface area contributed by atoms with Crippen LogP contribution in [0.3, 0.4) is 0 Å². The molecule has 0 aliphatic heterocycles. The van der Waals surface area contributed by atoms with Crippen molar-refractivity contribution in [3.8, 4) is 5.75 Å². The van der Waals surface area contributed by atoms with E-state index < -0.39 is 0 Å². The Bertz CT molecular complexity index is 560. The van der Waals surface area contributed by atoms with Crippen molar-refractivity contribution in [1.29, 1.82) is 0 Å². The van der Waals surface area contributed by atoms with Crippen molar-refractivity contribution in [1.82, 2.24) is 0 Å². The van der Waals surface area contributed by atoms with Gasteiger partial charge in [-0.05, 0) is 25.5 Å². The summed E-state index contributed by atoms with van der Waals surface area (Å²) in [5.74, 6) is 0.0189. The molecular weight excluding hydrogens is 308 g/mol. The highest BCUT2D eigenvalue weighted by Gasteiger charge is 2.02. The van der Waals surface area contributed by atoms with Gasteiger partial charge in [0.25, 0.3) is 0 Å². The lowest BCUT2D eigenvalue weighted by atomic mass is 10.2. The summed E-state index contributed by atoms with van der Waals surface area (Å²) < 4.78 is 14.6. The van der Waals surface area contributed by atoms with Crippen LogP contribution in [0.25, 0.3) is 0 Å². The Balaban J connectivity index is 0.000000506. The summed E-state index contributed by atoms with van der Waals surface area (Å²) in [4.78, 5) is 21.5. The molecule has 0 aliphatic carbocycles. The van der Waals surface area contributed by atoms with Crippen LogP contribution < -0.4 is 4.74 Å². The number of hydrogen-bond donors (Lipinski definition) is 0. The molecule has 0 fully saturated rings. The van der Waals surface area contributed by atoms with Crippen LogP contribution in [0.2, 0.25) is 0 Å². The molecule has 1 aromatic rings. The molecule has 0 saturated heterocycles. The molecule has 0 aliphatic rings. The number of carbonyl (C=O) groups is 2. The van der Waals surface area contributed by atoms with Crippen molar-refractivity contribution in [2.24, 2.45) is 0 Å². The number of allylic oxidation sites excluding steroid dienone is 1. The van der Waals surface area contributed by atoms with E-state index in [0.717, 1.165) is 5.75 Å². The average molecular weight is 332 g/mol. The standard InChI is InChI=1S/C12H14O3.C7H10O2/c1-10(2)12(13)15-9-8-14-11-6-4-3-5-7-11;1-4-5-6(2)7(8)9-3/h3-7H,1,8-9H2,2H3;4H,1-2,5H2,3H3. The minimum Gasteiger partial charge on any atom is -0.490 e. The number of hydrogen-bond acceptors (Lipinski definition) is 5. The number of para-hydroxylation sites is 1. The maximum absolute atomic E-state index is 11.0. The summed E-state index contributed by atoms with van der Waals surface area (Å²) >= 11 is 0. The molecule has 130 valence electrons. The molecular formula is C19H24O5. The first-order valence-electron chi connectivity index (χ1n) is 7.29. The topological polar surface area (TPSA) is 61.8 Å². The zero-order valence-corrected chi connectivity index (χ0v) is 14.2. The van der Waals surface area contributed by atoms with E-state index in [1.54, 1.807) is 13.0 Å². The highest BCUT2D eigenvalue weighted by atomic mass is 16.6. The molecule has 0 aromatic heterocycles. The monoisotopic (exact) mass is 332 g/mol. The largest absolute Gasteiger partial charge is 0.490 e. The SMILES string of the molecule is C=C(C)C(=O)OCCOc1ccccc1.C=CCC(=C)C(=O)OC. The zero-order valence-electron chi connectivity index (χ0n) is 14.2. The molecule has 5 nitrogen and oxygen atoms in total. The smallest absolute Gasteiger partial charge is 0.333 e. The Hall–Kier alpha value is -2.82. The van der Waals surface area contributed by atoms with Crippen LogP contribution in [0.4, 0.5) is 0 Å². The number of carbonyl (C=O) groups excluding carboxylic acids is 2. The summed E-state index contributed by atoms with van der Waals surface area (Å²) in [6.45, 7) is 12.6. The number of benzene rings is 1. The van der Waals surface area contributed by atoms with Crippen molar-refractivity contribution in [3.63, 3.8) is 0 Å². The molecule has 1 rings (SSSR count). The first-order valence-corrected chi connectivity index (χ1v) is 7.29. The Morgan fingerprint density at radius 2 is 1.71 bits per heavy atom. The number of methoxy groups -OCH3 is 1. The summed E-state index contributed by atoms with van der Waals surface area (Å²) in [6.07, 6.45) is 2.10. The van der Waals surface area contributed by atoms with E-state index >= 15 is 0 Å². The van der Waals surface area contributed by atoms with E-state index in [2.05, 4.69) is 24.5 Å². The number of ether oxygens (including phenoxy) is 3. The van der Waals surface area contributed by atoms with Gasteiger partial charge in [-0.3, -0.25) is 0 Å². The highest BCUT2D eigenvalue weighted by Crippen LogP contribution is 2.07. The zero-order chi connectivity index (χ0) is 18.4. The molecule has 0 atom stereocenters. The molecule has 0 amide bonds. The Morgan fingerprint density at radius 1 is 1.08 bits per heavy atom. The third kappa shape index (κ3) is 10.00. The van der Waals surface area contributed by atoms with Gasteiger partial charge in [0.15, 0.2) is 0 Å². The second kappa shape index (κ2) is 12.7. The van der Waals surface area contributed by atoms with Gasteiger partial charge in [0, 0.05) is 11.1 Å². The van der Waals surface area contributed by atoms with Gasteiger partial charge in [0.2, 0.25) is 0 Å². The van der Waals surface area contributed by atoms with Crippen molar-refractivity contribution in [3.05, 3.63) is 67.3 Å².